The zero-order valence-corrected chi connectivity index (χ0v) is 14.8. The Kier molecular flexibility index (Phi) is 4.19. The van der Waals surface area contributed by atoms with E-state index >= 15 is 0 Å². The van der Waals surface area contributed by atoms with Crippen molar-refractivity contribution >= 4 is 5.52 Å². The largest absolute Gasteiger partial charge is 0.307 e. The summed E-state index contributed by atoms with van der Waals surface area (Å²) >= 11 is 0. The van der Waals surface area contributed by atoms with Crippen molar-refractivity contribution < 1.29 is 0 Å². The minimum atomic E-state index is -0.00837. The molecule has 24 heavy (non-hydrogen) atoms. The molecule has 130 valence electrons. The fourth-order valence-electron chi connectivity index (χ4n) is 4.68. The zero-order valence-electron chi connectivity index (χ0n) is 14.8. The molecule has 0 saturated heterocycles. The van der Waals surface area contributed by atoms with Crippen LogP contribution in [0, 0.1) is 5.92 Å². The molecule has 5 nitrogen and oxygen atoms in total. The number of aromatic amines is 1. The number of H-pyrrole nitrogens is 1. The maximum absolute atomic E-state index is 12.8. The predicted octanol–water partition coefficient (Wildman–Crippen LogP) is 3.93. The summed E-state index contributed by atoms with van der Waals surface area (Å²) in [5.74, 6) is 3.35. The van der Waals surface area contributed by atoms with Crippen LogP contribution < -0.4 is 5.56 Å². The van der Waals surface area contributed by atoms with Crippen LogP contribution in [-0.2, 0) is 6.42 Å². The summed E-state index contributed by atoms with van der Waals surface area (Å²) in [7, 11) is 0. The molecule has 2 heterocycles. The van der Waals surface area contributed by atoms with Crippen LogP contribution in [0.5, 0.6) is 0 Å². The molecule has 0 spiro atoms. The van der Waals surface area contributed by atoms with Gasteiger partial charge in [-0.1, -0.05) is 46.0 Å². The van der Waals surface area contributed by atoms with Gasteiger partial charge in [0.05, 0.1) is 5.69 Å². The summed E-state index contributed by atoms with van der Waals surface area (Å²) in [4.78, 5) is 20.7. The number of hydrogen-bond donors (Lipinski definition) is 1. The predicted molar refractivity (Wildman–Crippen MR) is 94.6 cm³/mol. The molecule has 0 radical (unpaired) electrons. The molecule has 2 aliphatic rings. The van der Waals surface area contributed by atoms with Crippen LogP contribution in [0.25, 0.3) is 5.52 Å². The molecule has 2 atom stereocenters. The summed E-state index contributed by atoms with van der Waals surface area (Å²) in [6.07, 6.45) is 10.5. The van der Waals surface area contributed by atoms with E-state index in [0.29, 0.717) is 23.3 Å². The lowest BCUT2D eigenvalue weighted by Gasteiger charge is -2.27. The van der Waals surface area contributed by atoms with Crippen molar-refractivity contribution in [2.75, 3.05) is 0 Å². The van der Waals surface area contributed by atoms with Gasteiger partial charge in [-0.2, -0.15) is 5.10 Å². The second-order valence-electron chi connectivity index (χ2n) is 7.72. The molecule has 2 aromatic rings. The number of imidazole rings is 1. The lowest BCUT2D eigenvalue weighted by atomic mass is 9.80. The Morgan fingerprint density at radius 3 is 2.54 bits per heavy atom. The Labute approximate surface area is 142 Å². The molecule has 0 amide bonds. The Balaban J connectivity index is 1.87. The minimum absolute atomic E-state index is 0.00837. The van der Waals surface area contributed by atoms with E-state index in [1.807, 2.05) is 4.52 Å². The van der Waals surface area contributed by atoms with Gasteiger partial charge in [0.2, 0.25) is 0 Å². The maximum atomic E-state index is 12.8. The van der Waals surface area contributed by atoms with Gasteiger partial charge >= 0.3 is 0 Å². The lowest BCUT2D eigenvalue weighted by Crippen LogP contribution is -2.22. The summed E-state index contributed by atoms with van der Waals surface area (Å²) in [5.41, 5.74) is 1.56. The highest BCUT2D eigenvalue weighted by molar-refractivity contribution is 5.51. The average molecular weight is 328 g/mol. The van der Waals surface area contributed by atoms with Crippen molar-refractivity contribution in [3.63, 3.8) is 0 Å². The van der Waals surface area contributed by atoms with Crippen LogP contribution in [0.15, 0.2) is 4.79 Å². The number of nitrogens with one attached hydrogen (secondary N) is 1. The lowest BCUT2D eigenvalue weighted by molar-refractivity contribution is 0.316. The standard InChI is InChI=1S/C19H28N4O/c1-3-15-16-19(24)21-17(13-9-5-6-10-13)22-23(16)18(20-15)14-11-7-4-8-12(14)2/h12-14H,3-11H2,1-2H3,(H,21,22,24). The fourth-order valence-corrected chi connectivity index (χ4v) is 4.68. The minimum Gasteiger partial charge on any atom is -0.307 e. The second kappa shape index (κ2) is 6.34. The SMILES string of the molecule is CCc1nc(C2CCCCC2C)n2nc(C3CCCC3)[nH]c(=O)c12. The van der Waals surface area contributed by atoms with E-state index in [1.165, 1.54) is 32.1 Å². The molecular formula is C19H28N4O. The van der Waals surface area contributed by atoms with E-state index in [2.05, 4.69) is 18.8 Å². The highest BCUT2D eigenvalue weighted by atomic mass is 16.1. The fraction of sp³-hybridized carbons (Fsp3) is 0.737. The third-order valence-corrected chi connectivity index (χ3v) is 6.14. The number of fused-ring (bicyclic) bond motifs is 1. The Morgan fingerprint density at radius 1 is 1.12 bits per heavy atom. The number of aromatic nitrogens is 4. The Hall–Kier alpha value is -1.65. The maximum Gasteiger partial charge on any atom is 0.277 e. The first-order chi connectivity index (χ1) is 11.7. The number of rotatable bonds is 3. The van der Waals surface area contributed by atoms with Crippen LogP contribution in [0.3, 0.4) is 0 Å². The molecule has 0 aliphatic heterocycles. The Morgan fingerprint density at radius 2 is 1.83 bits per heavy atom. The van der Waals surface area contributed by atoms with Gasteiger partial charge < -0.3 is 4.98 Å². The monoisotopic (exact) mass is 328 g/mol. The van der Waals surface area contributed by atoms with Gasteiger partial charge in [0, 0.05) is 11.8 Å². The molecule has 4 rings (SSSR count). The normalized spacial score (nSPS) is 25.6. The van der Waals surface area contributed by atoms with Crippen molar-refractivity contribution in [3.8, 4) is 0 Å². The number of aryl methyl sites for hydroxylation is 1. The molecule has 2 unspecified atom stereocenters. The topological polar surface area (TPSA) is 63.1 Å². The van der Waals surface area contributed by atoms with Gasteiger partial charge in [-0.3, -0.25) is 4.79 Å². The van der Waals surface area contributed by atoms with Crippen LogP contribution in [0.1, 0.15) is 94.4 Å². The van der Waals surface area contributed by atoms with E-state index < -0.39 is 0 Å². The van der Waals surface area contributed by atoms with E-state index in [-0.39, 0.29) is 5.56 Å². The van der Waals surface area contributed by atoms with Crippen LogP contribution in [0.2, 0.25) is 0 Å². The summed E-state index contributed by atoms with van der Waals surface area (Å²) in [6, 6.07) is 0. The molecular weight excluding hydrogens is 300 g/mol. The molecule has 2 saturated carbocycles. The second-order valence-corrected chi connectivity index (χ2v) is 7.72. The van der Waals surface area contributed by atoms with E-state index in [0.717, 1.165) is 43.0 Å². The van der Waals surface area contributed by atoms with Crippen LogP contribution in [-0.4, -0.2) is 19.6 Å². The number of hydrogen-bond acceptors (Lipinski definition) is 3. The van der Waals surface area contributed by atoms with Gasteiger partial charge in [-0.25, -0.2) is 9.50 Å². The van der Waals surface area contributed by atoms with E-state index in [9.17, 15) is 4.79 Å². The first kappa shape index (κ1) is 15.9. The highest BCUT2D eigenvalue weighted by Crippen LogP contribution is 2.37. The molecule has 0 aromatic carbocycles. The first-order valence-corrected chi connectivity index (χ1v) is 9.70. The molecule has 2 fully saturated rings. The summed E-state index contributed by atoms with van der Waals surface area (Å²) in [5, 5.41) is 4.89. The third-order valence-electron chi connectivity index (χ3n) is 6.14. The van der Waals surface area contributed by atoms with Crippen molar-refractivity contribution in [1.82, 2.24) is 19.6 Å². The number of nitrogens with zero attached hydrogens (tertiary/aromatic N) is 3. The summed E-state index contributed by atoms with van der Waals surface area (Å²) in [6.45, 7) is 4.39. The first-order valence-electron chi connectivity index (χ1n) is 9.70. The van der Waals surface area contributed by atoms with Gasteiger partial charge in [0.25, 0.3) is 5.56 Å². The van der Waals surface area contributed by atoms with E-state index in [4.69, 9.17) is 10.1 Å². The van der Waals surface area contributed by atoms with Crippen LogP contribution >= 0.6 is 0 Å². The smallest absolute Gasteiger partial charge is 0.277 e. The van der Waals surface area contributed by atoms with Gasteiger partial charge in [-0.15, -0.1) is 0 Å². The van der Waals surface area contributed by atoms with Crippen LogP contribution in [0.4, 0.5) is 0 Å². The van der Waals surface area contributed by atoms with Gasteiger partial charge in [-0.05, 0) is 31.6 Å². The quantitative estimate of drug-likeness (QED) is 0.928. The summed E-state index contributed by atoms with van der Waals surface area (Å²) < 4.78 is 1.91. The van der Waals surface area contributed by atoms with Gasteiger partial charge in [0.1, 0.15) is 11.6 Å². The molecule has 1 N–H and O–H groups in total. The van der Waals surface area contributed by atoms with E-state index in [1.54, 1.807) is 0 Å². The third kappa shape index (κ3) is 2.58. The highest BCUT2D eigenvalue weighted by Gasteiger charge is 2.30. The molecule has 5 heteroatoms. The average Bonchev–Trinajstić information content (AvgIpc) is 3.23. The van der Waals surface area contributed by atoms with Crippen molar-refractivity contribution in [2.45, 2.75) is 83.5 Å². The zero-order chi connectivity index (χ0) is 16.7. The Bertz CT molecular complexity index is 784. The molecule has 2 aromatic heterocycles. The van der Waals surface area contributed by atoms with Crippen molar-refractivity contribution in [3.05, 3.63) is 27.7 Å². The molecule has 0 bridgehead atoms. The molecule has 2 aliphatic carbocycles. The van der Waals surface area contributed by atoms with Gasteiger partial charge in [0.15, 0.2) is 5.52 Å². The van der Waals surface area contributed by atoms with Crippen molar-refractivity contribution in [2.24, 2.45) is 5.92 Å². The van der Waals surface area contributed by atoms with Crippen molar-refractivity contribution in [1.29, 1.82) is 0 Å².